The molecule has 1 atom stereocenters. The second-order valence-electron chi connectivity index (χ2n) is 5.96. The van der Waals surface area contributed by atoms with Gasteiger partial charge in [0.1, 0.15) is 0 Å². The lowest BCUT2D eigenvalue weighted by atomic mass is 10.2. The van der Waals surface area contributed by atoms with Crippen molar-refractivity contribution in [3.8, 4) is 0 Å². The van der Waals surface area contributed by atoms with Gasteiger partial charge in [0.15, 0.2) is 0 Å². The molecule has 0 bridgehead atoms. The second-order valence-corrected chi connectivity index (χ2v) is 7.90. The van der Waals surface area contributed by atoms with Gasteiger partial charge in [0.05, 0.1) is 11.3 Å². The van der Waals surface area contributed by atoms with Crippen LogP contribution in [-0.2, 0) is 14.8 Å². The number of carboxylic acid groups (broad SMARTS) is 1. The Morgan fingerprint density at radius 2 is 1.75 bits per heavy atom. The second kappa shape index (κ2) is 7.76. The van der Waals surface area contributed by atoms with Crippen LogP contribution in [0.3, 0.4) is 0 Å². The van der Waals surface area contributed by atoms with Crippen LogP contribution in [0, 0.1) is 0 Å². The summed E-state index contributed by atoms with van der Waals surface area (Å²) in [5.41, 5.74) is 0.296. The molecule has 24 heavy (non-hydrogen) atoms. The number of piperidine rings is 1. The standard InChI is InChI=1S/C16H22N2O5S/c1-12(11-15(19)20)17-16(21)13-5-7-14(8-6-13)24(22,23)18-9-3-2-4-10-18/h5-8,12H,2-4,9-11H2,1H3,(H,17,21)(H,19,20). The Hall–Kier alpha value is -1.93. The fraction of sp³-hybridized carbons (Fsp3) is 0.500. The molecule has 1 amide bonds. The molecule has 2 rings (SSSR count). The number of sulfonamides is 1. The Kier molecular flexibility index (Phi) is 5.95. The normalized spacial score (nSPS) is 17.2. The van der Waals surface area contributed by atoms with Crippen LogP contribution in [-0.4, -0.2) is 48.8 Å². The monoisotopic (exact) mass is 354 g/mol. The van der Waals surface area contributed by atoms with Gasteiger partial charge in [-0.1, -0.05) is 6.42 Å². The summed E-state index contributed by atoms with van der Waals surface area (Å²) < 4.78 is 26.5. The molecule has 2 N–H and O–H groups in total. The van der Waals surface area contributed by atoms with Crippen molar-refractivity contribution in [2.45, 2.75) is 43.5 Å². The molecule has 1 aromatic carbocycles. The number of hydrogen-bond donors (Lipinski definition) is 2. The van der Waals surface area contributed by atoms with E-state index in [1.165, 1.54) is 28.6 Å². The van der Waals surface area contributed by atoms with Crippen LogP contribution in [0.4, 0.5) is 0 Å². The molecule has 0 spiro atoms. The highest BCUT2D eigenvalue weighted by molar-refractivity contribution is 7.89. The van der Waals surface area contributed by atoms with Crippen molar-refractivity contribution in [1.29, 1.82) is 0 Å². The minimum absolute atomic E-state index is 0.166. The van der Waals surface area contributed by atoms with E-state index in [0.717, 1.165) is 19.3 Å². The van der Waals surface area contributed by atoms with Gasteiger partial charge >= 0.3 is 5.97 Å². The van der Waals surface area contributed by atoms with Crippen LogP contribution in [0.15, 0.2) is 29.2 Å². The molecule has 0 saturated carbocycles. The van der Waals surface area contributed by atoms with Crippen molar-refractivity contribution in [3.63, 3.8) is 0 Å². The fourth-order valence-corrected chi connectivity index (χ4v) is 4.17. The van der Waals surface area contributed by atoms with Gasteiger partial charge in [-0.05, 0) is 44.0 Å². The number of benzene rings is 1. The summed E-state index contributed by atoms with van der Waals surface area (Å²) in [4.78, 5) is 22.8. The van der Waals surface area contributed by atoms with Crippen molar-refractivity contribution in [2.75, 3.05) is 13.1 Å². The predicted octanol–water partition coefficient (Wildman–Crippen LogP) is 1.45. The van der Waals surface area contributed by atoms with Gasteiger partial charge in [-0.3, -0.25) is 9.59 Å². The van der Waals surface area contributed by atoms with E-state index in [0.29, 0.717) is 18.7 Å². The van der Waals surface area contributed by atoms with Crippen LogP contribution in [0.5, 0.6) is 0 Å². The molecule has 0 aromatic heterocycles. The summed E-state index contributed by atoms with van der Waals surface area (Å²) >= 11 is 0. The van der Waals surface area contributed by atoms with E-state index in [9.17, 15) is 18.0 Å². The number of carbonyl (C=O) groups excluding carboxylic acids is 1. The minimum Gasteiger partial charge on any atom is -0.481 e. The summed E-state index contributed by atoms with van der Waals surface area (Å²) in [5, 5.41) is 11.3. The third-order valence-corrected chi connectivity index (χ3v) is 5.84. The first kappa shape index (κ1) is 18.4. The molecule has 1 aliphatic heterocycles. The summed E-state index contributed by atoms with van der Waals surface area (Å²) in [7, 11) is -3.52. The minimum atomic E-state index is -3.52. The molecular weight excluding hydrogens is 332 g/mol. The van der Waals surface area contributed by atoms with Crippen molar-refractivity contribution >= 4 is 21.9 Å². The SMILES string of the molecule is CC(CC(=O)O)NC(=O)c1ccc(S(=O)(=O)N2CCCCC2)cc1. The smallest absolute Gasteiger partial charge is 0.305 e. The zero-order chi connectivity index (χ0) is 17.7. The fourth-order valence-electron chi connectivity index (χ4n) is 2.65. The molecule has 1 fully saturated rings. The average molecular weight is 354 g/mol. The number of carbonyl (C=O) groups is 2. The van der Waals surface area contributed by atoms with E-state index < -0.39 is 27.9 Å². The quantitative estimate of drug-likeness (QED) is 0.805. The molecule has 132 valence electrons. The third-order valence-electron chi connectivity index (χ3n) is 3.93. The molecule has 8 heteroatoms. The molecule has 1 heterocycles. The molecule has 0 radical (unpaired) electrons. The number of carboxylic acids is 1. The zero-order valence-electron chi connectivity index (χ0n) is 13.6. The van der Waals surface area contributed by atoms with Gasteiger partial charge in [0.2, 0.25) is 10.0 Å². The summed E-state index contributed by atoms with van der Waals surface area (Å²) in [6, 6.07) is 5.22. The van der Waals surface area contributed by atoms with E-state index in [2.05, 4.69) is 5.32 Å². The third kappa shape index (κ3) is 4.55. The molecule has 7 nitrogen and oxygen atoms in total. The first-order chi connectivity index (χ1) is 11.3. The van der Waals surface area contributed by atoms with Crippen LogP contribution in [0.1, 0.15) is 43.0 Å². The number of hydrogen-bond acceptors (Lipinski definition) is 4. The van der Waals surface area contributed by atoms with Crippen molar-refractivity contribution in [1.82, 2.24) is 9.62 Å². The zero-order valence-corrected chi connectivity index (χ0v) is 14.4. The largest absolute Gasteiger partial charge is 0.481 e. The molecule has 1 saturated heterocycles. The van der Waals surface area contributed by atoms with E-state index in [1.807, 2.05) is 0 Å². The molecule has 1 unspecified atom stereocenters. The number of nitrogens with one attached hydrogen (secondary N) is 1. The molecule has 1 aromatic rings. The van der Waals surface area contributed by atoms with Gasteiger partial charge in [0.25, 0.3) is 5.91 Å². The highest BCUT2D eigenvalue weighted by Gasteiger charge is 2.26. The first-order valence-corrected chi connectivity index (χ1v) is 9.37. The first-order valence-electron chi connectivity index (χ1n) is 7.93. The van der Waals surface area contributed by atoms with Crippen LogP contribution in [0.25, 0.3) is 0 Å². The maximum atomic E-state index is 12.5. The van der Waals surface area contributed by atoms with Gasteiger partial charge in [-0.25, -0.2) is 8.42 Å². The molecule has 1 aliphatic rings. The maximum Gasteiger partial charge on any atom is 0.305 e. The lowest BCUT2D eigenvalue weighted by Crippen LogP contribution is -2.36. The van der Waals surface area contributed by atoms with E-state index >= 15 is 0 Å². The molecule has 0 aliphatic carbocycles. The lowest BCUT2D eigenvalue weighted by Gasteiger charge is -2.25. The van der Waals surface area contributed by atoms with Gasteiger partial charge in [-0.15, -0.1) is 0 Å². The van der Waals surface area contributed by atoms with E-state index in [4.69, 9.17) is 5.11 Å². The van der Waals surface area contributed by atoms with E-state index in [-0.39, 0.29) is 11.3 Å². The van der Waals surface area contributed by atoms with Crippen LogP contribution >= 0.6 is 0 Å². The summed E-state index contributed by atoms with van der Waals surface area (Å²) in [5.74, 6) is -1.42. The van der Waals surface area contributed by atoms with Crippen LogP contribution < -0.4 is 5.32 Å². The van der Waals surface area contributed by atoms with Gasteiger partial charge in [0, 0.05) is 24.7 Å². The summed E-state index contributed by atoms with van der Waals surface area (Å²) in [6.45, 7) is 2.65. The Morgan fingerprint density at radius 3 is 2.29 bits per heavy atom. The number of amides is 1. The van der Waals surface area contributed by atoms with Gasteiger partial charge < -0.3 is 10.4 Å². The lowest BCUT2D eigenvalue weighted by molar-refractivity contribution is -0.137. The van der Waals surface area contributed by atoms with Crippen molar-refractivity contribution < 1.29 is 23.1 Å². The topological polar surface area (TPSA) is 104 Å². The number of rotatable bonds is 6. The Morgan fingerprint density at radius 1 is 1.17 bits per heavy atom. The Bertz CT molecular complexity index is 694. The predicted molar refractivity (Wildman–Crippen MR) is 88.2 cm³/mol. The van der Waals surface area contributed by atoms with Crippen molar-refractivity contribution in [3.05, 3.63) is 29.8 Å². The number of aliphatic carboxylic acids is 1. The van der Waals surface area contributed by atoms with Gasteiger partial charge in [-0.2, -0.15) is 4.31 Å². The number of nitrogens with zero attached hydrogens (tertiary/aromatic N) is 1. The Balaban J connectivity index is 2.07. The van der Waals surface area contributed by atoms with Crippen LogP contribution in [0.2, 0.25) is 0 Å². The molecular formula is C16H22N2O5S. The Labute approximate surface area is 141 Å². The van der Waals surface area contributed by atoms with E-state index in [1.54, 1.807) is 6.92 Å². The summed E-state index contributed by atoms with van der Waals surface area (Å²) in [6.07, 6.45) is 2.59. The maximum absolute atomic E-state index is 12.5. The average Bonchev–Trinajstić information content (AvgIpc) is 2.55. The highest BCUT2D eigenvalue weighted by atomic mass is 32.2. The highest BCUT2D eigenvalue weighted by Crippen LogP contribution is 2.20. The van der Waals surface area contributed by atoms with Crippen molar-refractivity contribution in [2.24, 2.45) is 0 Å².